The summed E-state index contributed by atoms with van der Waals surface area (Å²) in [5.74, 6) is 1.73. The van der Waals surface area contributed by atoms with Crippen molar-refractivity contribution in [3.63, 3.8) is 0 Å². The van der Waals surface area contributed by atoms with Crippen LogP contribution in [0, 0.1) is 0 Å². The first-order chi connectivity index (χ1) is 10.9. The fourth-order valence-electron chi connectivity index (χ4n) is 3.47. The van der Waals surface area contributed by atoms with Gasteiger partial charge in [-0.2, -0.15) is 10.1 Å². The van der Waals surface area contributed by atoms with E-state index in [0.717, 1.165) is 31.4 Å². The highest BCUT2D eigenvalue weighted by Gasteiger charge is 2.37. The normalized spacial score (nSPS) is 20.2. The maximum atomic E-state index is 6.42. The first-order valence-electron chi connectivity index (χ1n) is 8.61. The van der Waals surface area contributed by atoms with E-state index < -0.39 is 5.54 Å². The van der Waals surface area contributed by atoms with Gasteiger partial charge in [-0.1, -0.05) is 18.0 Å². The molecule has 0 spiro atoms. The van der Waals surface area contributed by atoms with Crippen molar-refractivity contribution in [2.75, 3.05) is 0 Å². The Morgan fingerprint density at radius 2 is 1.92 bits per heavy atom. The second kappa shape index (κ2) is 5.85. The summed E-state index contributed by atoms with van der Waals surface area (Å²) in [7, 11) is 0. The van der Waals surface area contributed by atoms with Gasteiger partial charge in [0, 0.05) is 11.6 Å². The third-order valence-electron chi connectivity index (χ3n) is 4.95. The highest BCUT2D eigenvalue weighted by atomic mass is 35.5. The fourth-order valence-corrected chi connectivity index (χ4v) is 3.47. The van der Waals surface area contributed by atoms with Gasteiger partial charge >= 0.3 is 0 Å². The first kappa shape index (κ1) is 17.4. The van der Waals surface area contributed by atoms with Crippen LogP contribution in [0.4, 0.5) is 0 Å². The second-order valence-corrected chi connectivity index (χ2v) is 8.10. The molecule has 0 saturated heterocycles. The van der Waals surface area contributed by atoms with Gasteiger partial charge in [0.15, 0.2) is 11.5 Å². The van der Waals surface area contributed by atoms with Crippen molar-refractivity contribution in [2.24, 2.45) is 5.73 Å². The van der Waals surface area contributed by atoms with Crippen LogP contribution in [0.1, 0.15) is 76.7 Å². The summed E-state index contributed by atoms with van der Waals surface area (Å²) in [6.45, 7) is 6.51. The van der Waals surface area contributed by atoms with Gasteiger partial charge in [-0.05, 0) is 52.5 Å². The first-order valence-corrected chi connectivity index (χ1v) is 8.61. The number of halogens is 1. The Labute approximate surface area is 148 Å². The standard InChI is InChI=1S/C17H25N5O.ClH/c1-16(2,3)22-13(11-6-7-11)10-12(20-22)14-19-15(21-23-14)17(18)8-4-5-9-17;/h10-11H,4-9,18H2,1-3H3;1H. The zero-order chi connectivity index (χ0) is 16.2. The molecule has 2 saturated carbocycles. The molecule has 7 heteroatoms. The van der Waals surface area contributed by atoms with Crippen molar-refractivity contribution in [1.82, 2.24) is 19.9 Å². The third-order valence-corrected chi connectivity index (χ3v) is 4.95. The fraction of sp³-hybridized carbons (Fsp3) is 0.706. The zero-order valence-electron chi connectivity index (χ0n) is 14.6. The lowest BCUT2D eigenvalue weighted by Crippen LogP contribution is -2.34. The van der Waals surface area contributed by atoms with Crippen LogP contribution in [0.5, 0.6) is 0 Å². The molecule has 2 aliphatic rings. The number of rotatable bonds is 3. The van der Waals surface area contributed by atoms with Crippen LogP contribution in [0.25, 0.3) is 11.6 Å². The van der Waals surface area contributed by atoms with Gasteiger partial charge in [-0.15, -0.1) is 12.4 Å². The van der Waals surface area contributed by atoms with Crippen LogP contribution >= 0.6 is 12.4 Å². The Morgan fingerprint density at radius 1 is 1.25 bits per heavy atom. The van der Waals surface area contributed by atoms with Crippen molar-refractivity contribution >= 4 is 12.4 Å². The Balaban J connectivity index is 0.00000169. The Bertz CT molecular complexity index is 720. The molecule has 24 heavy (non-hydrogen) atoms. The number of hydrogen-bond acceptors (Lipinski definition) is 5. The van der Waals surface area contributed by atoms with Crippen LogP contribution in [0.2, 0.25) is 0 Å². The molecule has 2 aromatic rings. The van der Waals surface area contributed by atoms with Crippen LogP contribution in [0.3, 0.4) is 0 Å². The lowest BCUT2D eigenvalue weighted by molar-refractivity contribution is 0.342. The number of nitrogens with zero attached hydrogens (tertiary/aromatic N) is 4. The van der Waals surface area contributed by atoms with Crippen LogP contribution < -0.4 is 5.73 Å². The largest absolute Gasteiger partial charge is 0.332 e. The van der Waals surface area contributed by atoms with Gasteiger partial charge in [-0.3, -0.25) is 4.68 Å². The van der Waals surface area contributed by atoms with E-state index in [1.807, 2.05) is 0 Å². The smallest absolute Gasteiger partial charge is 0.278 e. The van der Waals surface area contributed by atoms with Crippen LogP contribution in [0.15, 0.2) is 10.6 Å². The predicted molar refractivity (Wildman–Crippen MR) is 94.1 cm³/mol. The summed E-state index contributed by atoms with van der Waals surface area (Å²) < 4.78 is 7.60. The SMILES string of the molecule is CC(C)(C)n1nc(-c2nc(C3(N)CCCC3)no2)cc1C1CC1.Cl. The minimum Gasteiger partial charge on any atom is -0.332 e. The maximum Gasteiger partial charge on any atom is 0.278 e. The lowest BCUT2D eigenvalue weighted by Gasteiger charge is -2.22. The number of nitrogens with two attached hydrogens (primary N) is 1. The predicted octanol–water partition coefficient (Wildman–Crippen LogP) is 3.72. The van der Waals surface area contributed by atoms with Crippen molar-refractivity contribution in [3.8, 4) is 11.6 Å². The average molecular weight is 352 g/mol. The van der Waals surface area contributed by atoms with Gasteiger partial charge < -0.3 is 10.3 Å². The van der Waals surface area contributed by atoms with Gasteiger partial charge in [0.1, 0.15) is 0 Å². The van der Waals surface area contributed by atoms with Crippen molar-refractivity contribution in [1.29, 1.82) is 0 Å². The summed E-state index contributed by atoms with van der Waals surface area (Å²) in [5, 5.41) is 8.90. The van der Waals surface area contributed by atoms with E-state index in [2.05, 4.69) is 41.7 Å². The van der Waals surface area contributed by atoms with E-state index in [1.54, 1.807) is 0 Å². The molecule has 2 heterocycles. The highest BCUT2D eigenvalue weighted by Crippen LogP contribution is 2.43. The molecule has 4 rings (SSSR count). The molecule has 0 amide bonds. The maximum absolute atomic E-state index is 6.42. The summed E-state index contributed by atoms with van der Waals surface area (Å²) in [4.78, 5) is 4.57. The van der Waals surface area contributed by atoms with Gasteiger partial charge in [-0.25, -0.2) is 0 Å². The van der Waals surface area contributed by atoms with Crippen LogP contribution in [-0.2, 0) is 11.1 Å². The minimum absolute atomic E-state index is 0. The van der Waals surface area contributed by atoms with E-state index in [1.165, 1.54) is 18.5 Å². The molecular formula is C17H26ClN5O. The van der Waals surface area contributed by atoms with Gasteiger partial charge in [0.05, 0.1) is 11.1 Å². The monoisotopic (exact) mass is 351 g/mol. The molecule has 2 aromatic heterocycles. The number of hydrogen-bond donors (Lipinski definition) is 1. The molecule has 0 aliphatic heterocycles. The Hall–Kier alpha value is -1.40. The topological polar surface area (TPSA) is 82.8 Å². The number of aromatic nitrogens is 4. The summed E-state index contributed by atoms with van der Waals surface area (Å²) in [6.07, 6.45) is 6.59. The molecule has 6 nitrogen and oxygen atoms in total. The molecular weight excluding hydrogens is 326 g/mol. The molecule has 2 aliphatic carbocycles. The quantitative estimate of drug-likeness (QED) is 0.911. The van der Waals surface area contributed by atoms with E-state index in [9.17, 15) is 0 Å². The average Bonchev–Trinajstić information content (AvgIpc) is 2.94. The van der Waals surface area contributed by atoms with Gasteiger partial charge in [0.2, 0.25) is 0 Å². The van der Waals surface area contributed by atoms with Gasteiger partial charge in [0.25, 0.3) is 5.89 Å². The van der Waals surface area contributed by atoms with Crippen LogP contribution in [-0.4, -0.2) is 19.9 Å². The van der Waals surface area contributed by atoms with Crippen molar-refractivity contribution < 1.29 is 4.52 Å². The molecule has 2 fully saturated rings. The highest BCUT2D eigenvalue weighted by molar-refractivity contribution is 5.85. The van der Waals surface area contributed by atoms with Crippen molar-refractivity contribution in [3.05, 3.63) is 17.6 Å². The minimum atomic E-state index is -0.423. The van der Waals surface area contributed by atoms with Crippen molar-refractivity contribution in [2.45, 2.75) is 76.3 Å². The van der Waals surface area contributed by atoms with E-state index in [0.29, 0.717) is 17.6 Å². The molecule has 0 unspecified atom stereocenters. The Morgan fingerprint density at radius 3 is 2.50 bits per heavy atom. The Kier molecular flexibility index (Phi) is 4.24. The molecule has 2 N–H and O–H groups in total. The molecule has 0 atom stereocenters. The molecule has 132 valence electrons. The molecule has 0 bridgehead atoms. The molecule has 0 aromatic carbocycles. The molecule has 0 radical (unpaired) electrons. The third kappa shape index (κ3) is 2.97. The summed E-state index contributed by atoms with van der Waals surface area (Å²) in [5.41, 5.74) is 7.98. The van der Waals surface area contributed by atoms with E-state index in [4.69, 9.17) is 15.4 Å². The van der Waals surface area contributed by atoms with E-state index in [-0.39, 0.29) is 17.9 Å². The summed E-state index contributed by atoms with van der Waals surface area (Å²) in [6, 6.07) is 2.11. The summed E-state index contributed by atoms with van der Waals surface area (Å²) >= 11 is 0. The zero-order valence-corrected chi connectivity index (χ0v) is 15.4. The van der Waals surface area contributed by atoms with E-state index >= 15 is 0 Å². The second-order valence-electron chi connectivity index (χ2n) is 8.10. The lowest BCUT2D eigenvalue weighted by atomic mass is 9.99.